The second kappa shape index (κ2) is 10.2. The number of piperazine rings is 1. The SMILES string of the molecule is Cl.Cl.FC(F)(F)CC[C@H](c1ccc(C(F)(F)F)c(Cl)c1)N1CCNCC1. The normalized spacial score (nSPS) is 17.2. The Labute approximate surface area is 165 Å². The van der Waals surface area contributed by atoms with Crippen LogP contribution in [0.4, 0.5) is 26.3 Å². The molecule has 1 heterocycles. The van der Waals surface area contributed by atoms with Gasteiger partial charge < -0.3 is 5.32 Å². The van der Waals surface area contributed by atoms with Crippen LogP contribution in [0, 0.1) is 0 Å². The number of halogens is 9. The van der Waals surface area contributed by atoms with Crippen LogP contribution in [0.15, 0.2) is 18.2 Å². The van der Waals surface area contributed by atoms with Gasteiger partial charge in [0.1, 0.15) is 0 Å². The molecule has 0 bridgehead atoms. The summed E-state index contributed by atoms with van der Waals surface area (Å²) in [6.07, 6.45) is -10.1. The zero-order chi connectivity index (χ0) is 18.0. The Morgan fingerprint density at radius 1 is 1.04 bits per heavy atom. The summed E-state index contributed by atoms with van der Waals surface area (Å²) >= 11 is 5.71. The van der Waals surface area contributed by atoms with E-state index < -0.39 is 35.4 Å². The quantitative estimate of drug-likeness (QED) is 0.614. The van der Waals surface area contributed by atoms with Gasteiger partial charge in [0, 0.05) is 38.6 Å². The maximum atomic E-state index is 12.8. The lowest BCUT2D eigenvalue weighted by atomic mass is 9.98. The first-order valence-electron chi connectivity index (χ1n) is 7.46. The third-order valence-corrected chi connectivity index (χ3v) is 4.29. The summed E-state index contributed by atoms with van der Waals surface area (Å²) in [6.45, 7) is 2.30. The van der Waals surface area contributed by atoms with Gasteiger partial charge in [-0.25, -0.2) is 0 Å². The van der Waals surface area contributed by atoms with Crippen LogP contribution < -0.4 is 5.32 Å². The average molecular weight is 448 g/mol. The fraction of sp³-hybridized carbons (Fsp3) is 0.600. The maximum Gasteiger partial charge on any atom is 0.417 e. The van der Waals surface area contributed by atoms with E-state index in [0.29, 0.717) is 31.7 Å². The first kappa shape index (κ1) is 25.6. The summed E-state index contributed by atoms with van der Waals surface area (Å²) < 4.78 is 76.1. The molecule has 0 aliphatic carbocycles. The molecule has 0 saturated carbocycles. The molecule has 0 radical (unpaired) electrons. The highest BCUT2D eigenvalue weighted by atomic mass is 35.5. The molecule has 1 fully saturated rings. The molecule has 1 N–H and O–H groups in total. The molecule has 1 aromatic rings. The predicted molar refractivity (Wildman–Crippen MR) is 93.4 cm³/mol. The van der Waals surface area contributed by atoms with Gasteiger partial charge in [-0.3, -0.25) is 4.90 Å². The standard InChI is InChI=1S/C15H17ClF6N2.2ClH/c16-12-9-10(1-2-11(12)15(20,21)22)13(3-4-14(17,18)19)24-7-5-23-6-8-24;;/h1-2,9,13,23H,3-8H2;2*1H/t13-;;/m1../s1. The van der Waals surface area contributed by atoms with Crippen molar-refractivity contribution in [3.63, 3.8) is 0 Å². The topological polar surface area (TPSA) is 15.3 Å². The molecule has 152 valence electrons. The smallest absolute Gasteiger partial charge is 0.314 e. The van der Waals surface area contributed by atoms with Gasteiger partial charge in [-0.2, -0.15) is 26.3 Å². The first-order valence-corrected chi connectivity index (χ1v) is 7.84. The Hall–Kier alpha value is -0.410. The van der Waals surface area contributed by atoms with Crippen LogP contribution >= 0.6 is 36.4 Å². The summed E-state index contributed by atoms with van der Waals surface area (Å²) in [4.78, 5) is 1.85. The van der Waals surface area contributed by atoms with Gasteiger partial charge >= 0.3 is 12.4 Å². The Kier molecular flexibility index (Phi) is 10.1. The average Bonchev–Trinajstić information content (AvgIpc) is 2.46. The van der Waals surface area contributed by atoms with Crippen molar-refractivity contribution in [1.29, 1.82) is 0 Å². The minimum Gasteiger partial charge on any atom is -0.314 e. The Balaban J connectivity index is 0.00000312. The molecule has 2 rings (SSSR count). The number of rotatable bonds is 4. The summed E-state index contributed by atoms with van der Waals surface area (Å²) in [5, 5.41) is 2.60. The van der Waals surface area contributed by atoms with Crippen molar-refractivity contribution in [2.75, 3.05) is 26.2 Å². The van der Waals surface area contributed by atoms with E-state index >= 15 is 0 Å². The molecule has 2 nitrogen and oxygen atoms in total. The van der Waals surface area contributed by atoms with E-state index in [1.165, 1.54) is 6.07 Å². The zero-order valence-corrected chi connectivity index (χ0v) is 15.9. The van der Waals surface area contributed by atoms with E-state index in [2.05, 4.69) is 5.32 Å². The zero-order valence-electron chi connectivity index (χ0n) is 13.5. The summed E-state index contributed by atoms with van der Waals surface area (Å²) in [6, 6.07) is 2.57. The van der Waals surface area contributed by atoms with Crippen LogP contribution in [-0.4, -0.2) is 37.3 Å². The molecule has 1 aliphatic heterocycles. The van der Waals surface area contributed by atoms with Gasteiger partial charge in [-0.05, 0) is 24.1 Å². The highest BCUT2D eigenvalue weighted by Crippen LogP contribution is 2.38. The fourth-order valence-electron chi connectivity index (χ4n) is 2.82. The van der Waals surface area contributed by atoms with Crippen LogP contribution in [0.1, 0.15) is 30.0 Å². The van der Waals surface area contributed by atoms with Gasteiger partial charge in [-0.1, -0.05) is 17.7 Å². The van der Waals surface area contributed by atoms with E-state index in [0.717, 1.165) is 12.1 Å². The summed E-state index contributed by atoms with van der Waals surface area (Å²) in [7, 11) is 0. The van der Waals surface area contributed by atoms with Crippen molar-refractivity contribution in [3.05, 3.63) is 34.3 Å². The van der Waals surface area contributed by atoms with Gasteiger partial charge in [-0.15, -0.1) is 24.8 Å². The van der Waals surface area contributed by atoms with Gasteiger partial charge in [0.05, 0.1) is 10.6 Å². The maximum absolute atomic E-state index is 12.8. The second-order valence-electron chi connectivity index (χ2n) is 5.69. The van der Waals surface area contributed by atoms with Gasteiger partial charge in [0.15, 0.2) is 0 Å². The molecule has 0 unspecified atom stereocenters. The highest BCUT2D eigenvalue weighted by molar-refractivity contribution is 6.31. The number of nitrogens with zero attached hydrogens (tertiary/aromatic N) is 1. The number of benzene rings is 1. The molecule has 1 atom stereocenters. The second-order valence-corrected chi connectivity index (χ2v) is 6.10. The van der Waals surface area contributed by atoms with E-state index in [1.54, 1.807) is 0 Å². The van der Waals surface area contributed by atoms with Gasteiger partial charge in [0.25, 0.3) is 0 Å². The molecular formula is C15H19Cl3F6N2. The van der Waals surface area contributed by atoms with Crippen LogP contribution in [0.5, 0.6) is 0 Å². The molecule has 0 aromatic heterocycles. The molecule has 26 heavy (non-hydrogen) atoms. The minimum absolute atomic E-state index is 0. The number of hydrogen-bond acceptors (Lipinski definition) is 2. The van der Waals surface area contributed by atoms with E-state index in [4.69, 9.17) is 11.6 Å². The number of alkyl halides is 6. The molecule has 0 spiro atoms. The highest BCUT2D eigenvalue weighted by Gasteiger charge is 2.35. The van der Waals surface area contributed by atoms with E-state index in [1.807, 2.05) is 4.90 Å². The van der Waals surface area contributed by atoms with Crippen molar-refractivity contribution in [2.45, 2.75) is 31.2 Å². The molecule has 1 aromatic carbocycles. The molecule has 1 saturated heterocycles. The van der Waals surface area contributed by atoms with Crippen molar-refractivity contribution in [2.24, 2.45) is 0 Å². The van der Waals surface area contributed by atoms with Crippen molar-refractivity contribution in [1.82, 2.24) is 10.2 Å². The largest absolute Gasteiger partial charge is 0.417 e. The van der Waals surface area contributed by atoms with E-state index in [-0.39, 0.29) is 31.2 Å². The molecule has 1 aliphatic rings. The van der Waals surface area contributed by atoms with Crippen LogP contribution in [-0.2, 0) is 6.18 Å². The lowest BCUT2D eigenvalue weighted by molar-refractivity contribution is -0.138. The minimum atomic E-state index is -4.59. The monoisotopic (exact) mass is 446 g/mol. The summed E-state index contributed by atoms with van der Waals surface area (Å²) in [5.41, 5.74) is -0.609. The third kappa shape index (κ3) is 7.31. The third-order valence-electron chi connectivity index (χ3n) is 3.98. The van der Waals surface area contributed by atoms with Crippen molar-refractivity contribution in [3.8, 4) is 0 Å². The van der Waals surface area contributed by atoms with Crippen molar-refractivity contribution < 1.29 is 26.3 Å². The molecular weight excluding hydrogens is 429 g/mol. The lowest BCUT2D eigenvalue weighted by Crippen LogP contribution is -2.45. The number of hydrogen-bond donors (Lipinski definition) is 1. The summed E-state index contributed by atoms with van der Waals surface area (Å²) in [5.74, 6) is 0. The molecule has 11 heteroatoms. The van der Waals surface area contributed by atoms with Crippen LogP contribution in [0.2, 0.25) is 5.02 Å². The van der Waals surface area contributed by atoms with E-state index in [9.17, 15) is 26.3 Å². The fourth-order valence-corrected chi connectivity index (χ4v) is 3.12. The van der Waals surface area contributed by atoms with Gasteiger partial charge in [0.2, 0.25) is 0 Å². The van der Waals surface area contributed by atoms with Crippen LogP contribution in [0.25, 0.3) is 0 Å². The van der Waals surface area contributed by atoms with Crippen LogP contribution in [0.3, 0.4) is 0 Å². The Morgan fingerprint density at radius 3 is 2.08 bits per heavy atom. The Bertz CT molecular complexity index is 559. The first-order chi connectivity index (χ1) is 11.1. The number of nitrogens with one attached hydrogen (secondary N) is 1. The lowest BCUT2D eigenvalue weighted by Gasteiger charge is -2.35. The predicted octanol–water partition coefficient (Wildman–Crippen LogP) is 5.49. The Morgan fingerprint density at radius 2 is 1.62 bits per heavy atom. The molecule has 0 amide bonds. The van der Waals surface area contributed by atoms with Crippen molar-refractivity contribution >= 4 is 36.4 Å².